The van der Waals surface area contributed by atoms with Gasteiger partial charge in [-0.05, 0) is 12.8 Å². The Hall–Kier alpha value is -2.68. The Bertz CT molecular complexity index is 1070. The summed E-state index contributed by atoms with van der Waals surface area (Å²) in [5, 5.41) is 26.4. The Morgan fingerprint density at radius 3 is 3.00 bits per heavy atom. The van der Waals surface area contributed by atoms with Crippen molar-refractivity contribution >= 4 is 40.7 Å². The van der Waals surface area contributed by atoms with Crippen molar-refractivity contribution in [2.75, 3.05) is 18.1 Å². The summed E-state index contributed by atoms with van der Waals surface area (Å²) in [6, 6.07) is 0.193. The minimum Gasteiger partial charge on any atom is -0.455 e. The third-order valence-electron chi connectivity index (χ3n) is 6.48. The number of unbranched alkanes of at least 4 members (excludes halogenated alkanes) is 1. The second-order valence-electron chi connectivity index (χ2n) is 8.64. The zero-order valence-electron chi connectivity index (χ0n) is 18.2. The predicted molar refractivity (Wildman–Crippen MR) is 121 cm³/mol. The number of ether oxygens (including phenoxy) is 2. The second-order valence-corrected chi connectivity index (χ2v) is 9.92. The number of fused-ring (bicyclic) bond motifs is 2. The molecule has 5 rings (SSSR count). The van der Waals surface area contributed by atoms with E-state index in [-0.39, 0.29) is 30.4 Å². The number of carbonyl (C=O) groups is 2. The maximum atomic E-state index is 12.6. The van der Waals surface area contributed by atoms with E-state index < -0.39 is 37.1 Å². The van der Waals surface area contributed by atoms with E-state index in [0.29, 0.717) is 22.8 Å². The number of urea groups is 1. The first-order valence-corrected chi connectivity index (χ1v) is 12.3. The molecule has 3 saturated heterocycles. The first-order chi connectivity index (χ1) is 16.5. The molecule has 0 aliphatic carbocycles. The summed E-state index contributed by atoms with van der Waals surface area (Å²) < 4.78 is 12.9. The van der Waals surface area contributed by atoms with Crippen LogP contribution in [0.5, 0.6) is 0 Å². The molecule has 7 atom stereocenters. The van der Waals surface area contributed by atoms with Gasteiger partial charge in [-0.1, -0.05) is 6.42 Å². The molecule has 0 spiro atoms. The summed E-state index contributed by atoms with van der Waals surface area (Å²) in [6.45, 7) is -0.442. The van der Waals surface area contributed by atoms with Crippen LogP contribution in [0, 0.1) is 0 Å². The first kappa shape index (κ1) is 23.1. The monoisotopic (exact) mass is 493 g/mol. The molecular formula is C20H27N7O6S. The van der Waals surface area contributed by atoms with E-state index in [9.17, 15) is 19.8 Å². The average molecular weight is 494 g/mol. The van der Waals surface area contributed by atoms with Crippen LogP contribution in [0.1, 0.15) is 31.9 Å². The van der Waals surface area contributed by atoms with Crippen molar-refractivity contribution < 1.29 is 29.3 Å². The average Bonchev–Trinajstić information content (AvgIpc) is 3.56. The summed E-state index contributed by atoms with van der Waals surface area (Å²) in [6.07, 6.45) is 1.06. The molecule has 2 amide bonds. The molecule has 6 N–H and O–H groups in total. The Balaban J connectivity index is 1.18. The number of nitrogens with two attached hydrogens (primary N) is 1. The van der Waals surface area contributed by atoms with Gasteiger partial charge in [-0.25, -0.2) is 19.7 Å². The lowest BCUT2D eigenvalue weighted by Gasteiger charge is -2.22. The number of esters is 1. The number of carbonyl (C=O) groups excluding carboxylic acids is 2. The van der Waals surface area contributed by atoms with E-state index in [2.05, 4.69) is 25.6 Å². The topological polar surface area (TPSA) is 187 Å². The number of anilines is 1. The van der Waals surface area contributed by atoms with E-state index in [1.54, 1.807) is 0 Å². The molecule has 2 aromatic rings. The van der Waals surface area contributed by atoms with Crippen molar-refractivity contribution in [3.05, 3.63) is 12.7 Å². The van der Waals surface area contributed by atoms with Gasteiger partial charge in [0.2, 0.25) is 0 Å². The number of aliphatic hydroxyl groups is 2. The Labute approximate surface area is 198 Å². The van der Waals surface area contributed by atoms with Crippen molar-refractivity contribution in [1.82, 2.24) is 30.2 Å². The quantitative estimate of drug-likeness (QED) is 0.178. The van der Waals surface area contributed by atoms with Gasteiger partial charge in [0, 0.05) is 17.4 Å². The highest BCUT2D eigenvalue weighted by atomic mass is 32.2. The summed E-state index contributed by atoms with van der Waals surface area (Å²) >= 11 is 1.83. The molecule has 184 valence electrons. The van der Waals surface area contributed by atoms with E-state index in [0.717, 1.165) is 18.6 Å². The van der Waals surface area contributed by atoms with Crippen LogP contribution in [0.25, 0.3) is 11.2 Å². The molecular weight excluding hydrogens is 466 g/mol. The maximum Gasteiger partial charge on any atom is 0.315 e. The molecule has 0 saturated carbocycles. The lowest BCUT2D eigenvalue weighted by molar-refractivity contribution is -0.158. The van der Waals surface area contributed by atoms with Gasteiger partial charge in [0.25, 0.3) is 0 Å². The molecule has 0 bridgehead atoms. The van der Waals surface area contributed by atoms with Crippen LogP contribution in [0.15, 0.2) is 12.7 Å². The third-order valence-corrected chi connectivity index (χ3v) is 7.99. The van der Waals surface area contributed by atoms with Crippen LogP contribution in [-0.4, -0.2) is 89.7 Å². The van der Waals surface area contributed by atoms with Crippen molar-refractivity contribution in [2.45, 2.75) is 67.6 Å². The van der Waals surface area contributed by atoms with E-state index in [1.165, 1.54) is 17.2 Å². The molecule has 2 unspecified atom stereocenters. The minimum atomic E-state index is -1.22. The molecule has 3 fully saturated rings. The summed E-state index contributed by atoms with van der Waals surface area (Å²) in [5.74, 6) is 0.611. The van der Waals surface area contributed by atoms with Gasteiger partial charge < -0.3 is 36.1 Å². The number of hydrogen-bond donors (Lipinski definition) is 5. The molecule has 14 heteroatoms. The van der Waals surface area contributed by atoms with E-state index >= 15 is 0 Å². The smallest absolute Gasteiger partial charge is 0.315 e. The van der Waals surface area contributed by atoms with Crippen LogP contribution >= 0.6 is 11.8 Å². The number of hydrogen-bond acceptors (Lipinski definition) is 11. The largest absolute Gasteiger partial charge is 0.455 e. The predicted octanol–water partition coefficient (Wildman–Crippen LogP) is -0.703. The summed E-state index contributed by atoms with van der Waals surface area (Å²) in [4.78, 5) is 36.4. The lowest BCUT2D eigenvalue weighted by atomic mass is 10.0. The van der Waals surface area contributed by atoms with Gasteiger partial charge in [-0.2, -0.15) is 11.8 Å². The summed E-state index contributed by atoms with van der Waals surface area (Å²) in [5.41, 5.74) is 6.57. The zero-order valence-corrected chi connectivity index (χ0v) is 19.1. The fourth-order valence-electron chi connectivity index (χ4n) is 4.74. The summed E-state index contributed by atoms with van der Waals surface area (Å²) in [7, 11) is 0. The standard InChI is InChI=1S/C20H27N7O6S/c21-17-14-18(23-7-22-17)27(8-24-14)19-16(15(30)10(5-28)32-19)33-12(29)4-2-1-3-11-13-9(6-34-11)25-20(31)26-13/h7-11,13,15-16,19,28,30H,1-6H2,(H2,21,22,23)(H2,25,26,31)/t9-,10+,11-,13-,15?,16?,19+/m0/s1. The van der Waals surface area contributed by atoms with Crippen LogP contribution in [0.2, 0.25) is 0 Å². The van der Waals surface area contributed by atoms with Crippen LogP contribution in [0.3, 0.4) is 0 Å². The number of rotatable bonds is 8. The number of thioether (sulfide) groups is 1. The SMILES string of the molecule is Nc1ncnc2c1ncn2[C@@H]1O[C@H](CO)C(O)C1OC(=O)CCCC[C@@H]1SC[C@@H]2NC(=O)N[C@@H]21. The molecule has 5 heterocycles. The first-order valence-electron chi connectivity index (χ1n) is 11.2. The molecule has 13 nitrogen and oxygen atoms in total. The number of aliphatic hydroxyl groups excluding tert-OH is 2. The van der Waals surface area contributed by atoms with Crippen molar-refractivity contribution in [3.8, 4) is 0 Å². The zero-order chi connectivity index (χ0) is 23.8. The normalized spacial score (nSPS) is 32.5. The van der Waals surface area contributed by atoms with Crippen molar-refractivity contribution in [1.29, 1.82) is 0 Å². The van der Waals surface area contributed by atoms with Gasteiger partial charge in [0.1, 0.15) is 24.1 Å². The molecule has 3 aliphatic heterocycles. The number of imidazole rings is 1. The third kappa shape index (κ3) is 4.26. The number of aromatic nitrogens is 4. The molecule has 3 aliphatic rings. The Morgan fingerprint density at radius 1 is 1.32 bits per heavy atom. The van der Waals surface area contributed by atoms with Gasteiger partial charge in [-0.15, -0.1) is 0 Å². The lowest BCUT2D eigenvalue weighted by Crippen LogP contribution is -2.37. The number of nitrogen functional groups attached to an aromatic ring is 1. The number of nitrogens with one attached hydrogen (secondary N) is 2. The molecule has 0 aromatic carbocycles. The van der Waals surface area contributed by atoms with Crippen molar-refractivity contribution in [2.24, 2.45) is 0 Å². The van der Waals surface area contributed by atoms with Crippen LogP contribution in [0.4, 0.5) is 10.6 Å². The molecule has 0 radical (unpaired) electrons. The van der Waals surface area contributed by atoms with E-state index in [1.807, 2.05) is 11.8 Å². The van der Waals surface area contributed by atoms with E-state index in [4.69, 9.17) is 15.2 Å². The fraction of sp³-hybridized carbons (Fsp3) is 0.650. The van der Waals surface area contributed by atoms with Gasteiger partial charge in [0.15, 0.2) is 23.8 Å². The molecule has 34 heavy (non-hydrogen) atoms. The number of nitrogens with zero attached hydrogens (tertiary/aromatic N) is 4. The highest BCUT2D eigenvalue weighted by Gasteiger charge is 2.47. The Kier molecular flexibility index (Phi) is 6.46. The molecule has 2 aromatic heterocycles. The van der Waals surface area contributed by atoms with Gasteiger partial charge in [-0.3, -0.25) is 9.36 Å². The van der Waals surface area contributed by atoms with Gasteiger partial charge in [0.05, 0.1) is 25.0 Å². The van der Waals surface area contributed by atoms with Crippen LogP contribution < -0.4 is 16.4 Å². The maximum absolute atomic E-state index is 12.6. The van der Waals surface area contributed by atoms with Crippen molar-refractivity contribution in [3.63, 3.8) is 0 Å². The number of amides is 2. The second kappa shape index (κ2) is 9.52. The highest BCUT2D eigenvalue weighted by molar-refractivity contribution is 8.00. The van der Waals surface area contributed by atoms with Gasteiger partial charge >= 0.3 is 12.0 Å². The van der Waals surface area contributed by atoms with Crippen LogP contribution in [-0.2, 0) is 14.3 Å². The Morgan fingerprint density at radius 2 is 2.18 bits per heavy atom. The minimum absolute atomic E-state index is 0.114. The fourth-order valence-corrected chi connectivity index (χ4v) is 6.29. The highest BCUT2D eigenvalue weighted by Crippen LogP contribution is 2.35.